The average Bonchev–Trinajstić information content (AvgIpc) is 2.36. The summed E-state index contributed by atoms with van der Waals surface area (Å²) in [6, 6.07) is 0.162. The molecule has 0 radical (unpaired) electrons. The lowest BCUT2D eigenvalue weighted by Gasteiger charge is -2.37. The second-order valence-electron chi connectivity index (χ2n) is 7.76. The highest BCUT2D eigenvalue weighted by Crippen LogP contribution is 2.20. The molecule has 5 heteroatoms. The van der Waals surface area contributed by atoms with E-state index in [2.05, 4.69) is 19.2 Å². The smallest absolute Gasteiger partial charge is 0.410 e. The highest BCUT2D eigenvalue weighted by molar-refractivity contribution is 5.68. The van der Waals surface area contributed by atoms with E-state index in [0.717, 1.165) is 32.2 Å². The van der Waals surface area contributed by atoms with Gasteiger partial charge in [-0.05, 0) is 52.4 Å². The van der Waals surface area contributed by atoms with Crippen molar-refractivity contribution in [2.24, 2.45) is 5.92 Å². The largest absolute Gasteiger partial charge is 0.444 e. The molecule has 22 heavy (non-hydrogen) atoms. The molecule has 0 aromatic rings. The van der Waals surface area contributed by atoms with Crippen LogP contribution >= 0.6 is 0 Å². The zero-order chi connectivity index (χ0) is 16.8. The number of carbonyl (C=O) groups excluding carboxylic acids is 1. The maximum atomic E-state index is 12.3. The first-order valence-corrected chi connectivity index (χ1v) is 8.57. The van der Waals surface area contributed by atoms with Crippen LogP contribution in [0.4, 0.5) is 4.79 Å². The zero-order valence-corrected chi connectivity index (χ0v) is 14.9. The summed E-state index contributed by atoms with van der Waals surface area (Å²) in [4.78, 5) is 14.1. The fraction of sp³-hybridized carbons (Fsp3) is 0.941. The summed E-state index contributed by atoms with van der Waals surface area (Å²) in [5.41, 5.74) is -0.458. The van der Waals surface area contributed by atoms with Crippen LogP contribution in [0.2, 0.25) is 0 Å². The third-order valence-electron chi connectivity index (χ3n) is 3.76. The Bertz CT molecular complexity index is 339. The van der Waals surface area contributed by atoms with Crippen LogP contribution in [0.1, 0.15) is 60.3 Å². The minimum Gasteiger partial charge on any atom is -0.444 e. The maximum absolute atomic E-state index is 12.3. The summed E-state index contributed by atoms with van der Waals surface area (Å²) in [5, 5.41) is 13.2. The molecule has 0 aliphatic carbocycles. The predicted molar refractivity (Wildman–Crippen MR) is 88.9 cm³/mol. The zero-order valence-electron chi connectivity index (χ0n) is 14.9. The highest BCUT2D eigenvalue weighted by atomic mass is 16.6. The number of hydrogen-bond donors (Lipinski definition) is 2. The van der Waals surface area contributed by atoms with Gasteiger partial charge in [-0.15, -0.1) is 0 Å². The van der Waals surface area contributed by atoms with E-state index in [4.69, 9.17) is 4.74 Å². The molecule has 2 N–H and O–H groups in total. The summed E-state index contributed by atoms with van der Waals surface area (Å²) in [7, 11) is 0. The molecule has 130 valence electrons. The van der Waals surface area contributed by atoms with E-state index in [0.29, 0.717) is 19.0 Å². The van der Waals surface area contributed by atoms with E-state index in [-0.39, 0.29) is 18.2 Å². The topological polar surface area (TPSA) is 61.8 Å². The Balaban J connectivity index is 2.43. The van der Waals surface area contributed by atoms with Crippen LogP contribution in [0.25, 0.3) is 0 Å². The SMILES string of the molecule is CC(C)CC(O)CNCC1CCCCN1C(=O)OC(C)(C)C. The van der Waals surface area contributed by atoms with Gasteiger partial charge in [0.15, 0.2) is 0 Å². The fourth-order valence-electron chi connectivity index (χ4n) is 2.82. The lowest BCUT2D eigenvalue weighted by atomic mass is 10.0. The Morgan fingerprint density at radius 3 is 2.64 bits per heavy atom. The number of nitrogens with one attached hydrogen (secondary N) is 1. The van der Waals surface area contributed by atoms with Crippen molar-refractivity contribution in [3.8, 4) is 0 Å². The van der Waals surface area contributed by atoms with Gasteiger partial charge in [-0.25, -0.2) is 4.79 Å². The Morgan fingerprint density at radius 1 is 1.36 bits per heavy atom. The minimum absolute atomic E-state index is 0.162. The number of piperidine rings is 1. The van der Waals surface area contributed by atoms with Crippen molar-refractivity contribution in [2.75, 3.05) is 19.6 Å². The van der Waals surface area contributed by atoms with Gasteiger partial charge in [-0.2, -0.15) is 0 Å². The standard InChI is InChI=1S/C17H34N2O3/c1-13(2)10-15(20)12-18-11-14-8-6-7-9-19(14)16(21)22-17(3,4)5/h13-15,18,20H,6-12H2,1-5H3. The Hall–Kier alpha value is -0.810. The van der Waals surface area contributed by atoms with Crippen LogP contribution in [-0.4, -0.2) is 53.5 Å². The summed E-state index contributed by atoms with van der Waals surface area (Å²) >= 11 is 0. The Morgan fingerprint density at radius 2 is 2.05 bits per heavy atom. The molecule has 1 aliphatic rings. The monoisotopic (exact) mass is 314 g/mol. The molecule has 0 bridgehead atoms. The van der Waals surface area contributed by atoms with Crippen LogP contribution in [-0.2, 0) is 4.74 Å². The number of likely N-dealkylation sites (tertiary alicyclic amines) is 1. The molecular formula is C17H34N2O3. The Kier molecular flexibility index (Phi) is 7.63. The Labute approximate surface area is 135 Å². The maximum Gasteiger partial charge on any atom is 0.410 e. The highest BCUT2D eigenvalue weighted by Gasteiger charge is 2.30. The van der Waals surface area contributed by atoms with Gasteiger partial charge < -0.3 is 20.1 Å². The number of ether oxygens (including phenoxy) is 1. The third-order valence-corrected chi connectivity index (χ3v) is 3.76. The molecule has 1 amide bonds. The second-order valence-corrected chi connectivity index (χ2v) is 7.76. The van der Waals surface area contributed by atoms with E-state index >= 15 is 0 Å². The van der Waals surface area contributed by atoms with Crippen molar-refractivity contribution in [1.82, 2.24) is 10.2 Å². The molecule has 0 saturated carbocycles. The van der Waals surface area contributed by atoms with E-state index in [1.807, 2.05) is 25.7 Å². The first-order valence-electron chi connectivity index (χ1n) is 8.57. The minimum atomic E-state index is -0.458. The van der Waals surface area contributed by atoms with Gasteiger partial charge in [0, 0.05) is 25.7 Å². The molecule has 0 spiro atoms. The van der Waals surface area contributed by atoms with Crippen molar-refractivity contribution in [3.63, 3.8) is 0 Å². The molecule has 2 atom stereocenters. The van der Waals surface area contributed by atoms with Gasteiger partial charge >= 0.3 is 6.09 Å². The molecule has 1 aliphatic heterocycles. The molecule has 1 saturated heterocycles. The number of nitrogens with zero attached hydrogens (tertiary/aromatic N) is 1. The molecule has 5 nitrogen and oxygen atoms in total. The number of carbonyl (C=O) groups is 1. The van der Waals surface area contributed by atoms with Crippen LogP contribution in [0.15, 0.2) is 0 Å². The van der Waals surface area contributed by atoms with Crippen LogP contribution in [0, 0.1) is 5.92 Å². The van der Waals surface area contributed by atoms with Gasteiger partial charge in [0.2, 0.25) is 0 Å². The van der Waals surface area contributed by atoms with Gasteiger partial charge in [0.1, 0.15) is 5.60 Å². The van der Waals surface area contributed by atoms with E-state index < -0.39 is 5.60 Å². The third kappa shape index (κ3) is 7.45. The fourth-order valence-corrected chi connectivity index (χ4v) is 2.82. The summed E-state index contributed by atoms with van der Waals surface area (Å²) in [6.07, 6.45) is 3.42. The molecule has 0 aromatic carbocycles. The van der Waals surface area contributed by atoms with Crippen LogP contribution < -0.4 is 5.32 Å². The van der Waals surface area contributed by atoms with Crippen molar-refractivity contribution in [3.05, 3.63) is 0 Å². The van der Waals surface area contributed by atoms with Crippen molar-refractivity contribution in [1.29, 1.82) is 0 Å². The predicted octanol–water partition coefficient (Wildman–Crippen LogP) is 2.77. The summed E-state index contributed by atoms with van der Waals surface area (Å²) in [6.45, 7) is 11.9. The number of aliphatic hydroxyl groups is 1. The van der Waals surface area contributed by atoms with E-state index in [1.165, 1.54) is 0 Å². The van der Waals surface area contributed by atoms with Gasteiger partial charge in [0.05, 0.1) is 6.10 Å². The number of hydrogen-bond acceptors (Lipinski definition) is 4. The molecule has 2 unspecified atom stereocenters. The summed E-state index contributed by atoms with van der Waals surface area (Å²) < 4.78 is 5.50. The molecular weight excluding hydrogens is 280 g/mol. The quantitative estimate of drug-likeness (QED) is 0.791. The van der Waals surface area contributed by atoms with Crippen LogP contribution in [0.3, 0.4) is 0 Å². The lowest BCUT2D eigenvalue weighted by molar-refractivity contribution is 0.00965. The van der Waals surface area contributed by atoms with Crippen molar-refractivity contribution >= 4 is 6.09 Å². The number of rotatable bonds is 6. The van der Waals surface area contributed by atoms with Gasteiger partial charge in [-0.1, -0.05) is 13.8 Å². The number of amides is 1. The van der Waals surface area contributed by atoms with Crippen molar-refractivity contribution in [2.45, 2.75) is 78.0 Å². The molecule has 1 rings (SSSR count). The summed E-state index contributed by atoms with van der Waals surface area (Å²) in [5.74, 6) is 0.491. The van der Waals surface area contributed by atoms with E-state index in [1.54, 1.807) is 0 Å². The second kappa shape index (κ2) is 8.73. The first-order chi connectivity index (χ1) is 10.2. The van der Waals surface area contributed by atoms with Gasteiger partial charge in [-0.3, -0.25) is 0 Å². The lowest BCUT2D eigenvalue weighted by Crippen LogP contribution is -2.50. The normalized spacial score (nSPS) is 21.0. The molecule has 1 heterocycles. The molecule has 0 aromatic heterocycles. The average molecular weight is 314 g/mol. The van der Waals surface area contributed by atoms with E-state index in [9.17, 15) is 9.90 Å². The molecule has 1 fully saturated rings. The van der Waals surface area contributed by atoms with Gasteiger partial charge in [0.25, 0.3) is 0 Å². The van der Waals surface area contributed by atoms with Crippen LogP contribution in [0.5, 0.6) is 0 Å². The van der Waals surface area contributed by atoms with Crippen molar-refractivity contribution < 1.29 is 14.6 Å². The number of aliphatic hydroxyl groups excluding tert-OH is 1. The first kappa shape index (κ1) is 19.2.